The van der Waals surface area contributed by atoms with Gasteiger partial charge in [-0.25, -0.2) is 8.78 Å². The standard InChI is InChI=1S/C12H15BF2O2/c1-8-4-5-9(11(15)10(8)14)13-16-6-12(2,3)7-17-13/h4-5H,6-7H2,1-3H3. The quantitative estimate of drug-likeness (QED) is 0.699. The molecule has 1 fully saturated rings. The van der Waals surface area contributed by atoms with E-state index >= 15 is 0 Å². The lowest BCUT2D eigenvalue weighted by Crippen LogP contribution is -2.48. The fourth-order valence-corrected chi connectivity index (χ4v) is 1.71. The Bertz CT molecular complexity index is 425. The van der Waals surface area contributed by atoms with E-state index in [0.717, 1.165) is 0 Å². The molecular weight excluding hydrogens is 225 g/mol. The average Bonchev–Trinajstić information content (AvgIpc) is 2.27. The van der Waals surface area contributed by atoms with Crippen LogP contribution in [0.5, 0.6) is 0 Å². The molecular formula is C12H15BF2O2. The Morgan fingerprint density at radius 1 is 1.12 bits per heavy atom. The Labute approximate surface area is 100 Å². The van der Waals surface area contributed by atoms with E-state index in [1.54, 1.807) is 0 Å². The molecule has 0 unspecified atom stereocenters. The van der Waals surface area contributed by atoms with Gasteiger partial charge in [-0.3, -0.25) is 0 Å². The molecule has 0 bridgehead atoms. The molecule has 0 aliphatic carbocycles. The summed E-state index contributed by atoms with van der Waals surface area (Å²) in [4.78, 5) is 0. The molecule has 0 spiro atoms. The van der Waals surface area contributed by atoms with Gasteiger partial charge in [-0.1, -0.05) is 26.0 Å². The van der Waals surface area contributed by atoms with Crippen molar-refractivity contribution < 1.29 is 18.1 Å². The lowest BCUT2D eigenvalue weighted by molar-refractivity contribution is 0.0340. The molecule has 1 aromatic rings. The predicted molar refractivity (Wildman–Crippen MR) is 62.2 cm³/mol. The van der Waals surface area contributed by atoms with Gasteiger partial charge in [-0.15, -0.1) is 0 Å². The minimum atomic E-state index is -0.880. The fourth-order valence-electron chi connectivity index (χ4n) is 1.71. The molecule has 0 atom stereocenters. The van der Waals surface area contributed by atoms with Crippen LogP contribution in [0.2, 0.25) is 0 Å². The Morgan fingerprint density at radius 2 is 1.71 bits per heavy atom. The number of benzene rings is 1. The fraction of sp³-hybridized carbons (Fsp3) is 0.500. The lowest BCUT2D eigenvalue weighted by Gasteiger charge is -2.33. The van der Waals surface area contributed by atoms with Crippen LogP contribution in [0.4, 0.5) is 8.78 Å². The van der Waals surface area contributed by atoms with Crippen molar-refractivity contribution in [3.05, 3.63) is 29.3 Å². The molecule has 1 saturated heterocycles. The lowest BCUT2D eigenvalue weighted by atomic mass is 9.75. The topological polar surface area (TPSA) is 18.5 Å². The molecule has 92 valence electrons. The van der Waals surface area contributed by atoms with Gasteiger partial charge in [0, 0.05) is 24.1 Å². The summed E-state index contributed by atoms with van der Waals surface area (Å²) in [6, 6.07) is 3.04. The first-order valence-corrected chi connectivity index (χ1v) is 5.58. The zero-order valence-corrected chi connectivity index (χ0v) is 10.2. The van der Waals surface area contributed by atoms with Crippen LogP contribution in [-0.2, 0) is 9.31 Å². The normalized spacial score (nSPS) is 19.5. The van der Waals surface area contributed by atoms with Crippen molar-refractivity contribution in [2.45, 2.75) is 20.8 Å². The second-order valence-electron chi connectivity index (χ2n) is 5.22. The second kappa shape index (κ2) is 4.39. The van der Waals surface area contributed by atoms with Crippen LogP contribution in [-0.4, -0.2) is 20.3 Å². The predicted octanol–water partition coefficient (Wildman–Crippen LogP) is 2.04. The number of hydrogen-bond acceptors (Lipinski definition) is 2. The van der Waals surface area contributed by atoms with Gasteiger partial charge in [0.15, 0.2) is 11.6 Å². The van der Waals surface area contributed by atoms with Crippen molar-refractivity contribution in [2.75, 3.05) is 13.2 Å². The Hall–Kier alpha value is -0.935. The first kappa shape index (κ1) is 12.5. The number of hydrogen-bond donors (Lipinski definition) is 0. The van der Waals surface area contributed by atoms with E-state index in [4.69, 9.17) is 9.31 Å². The minimum Gasteiger partial charge on any atom is -0.407 e. The van der Waals surface area contributed by atoms with E-state index in [9.17, 15) is 8.78 Å². The first-order valence-electron chi connectivity index (χ1n) is 5.58. The molecule has 17 heavy (non-hydrogen) atoms. The van der Waals surface area contributed by atoms with Gasteiger partial charge in [-0.05, 0) is 12.5 Å². The van der Waals surface area contributed by atoms with Crippen molar-refractivity contribution in [1.82, 2.24) is 0 Å². The van der Waals surface area contributed by atoms with Gasteiger partial charge < -0.3 is 9.31 Å². The smallest absolute Gasteiger partial charge is 0.407 e. The highest BCUT2D eigenvalue weighted by atomic mass is 19.2. The SMILES string of the molecule is Cc1ccc(B2OCC(C)(C)CO2)c(F)c1F. The van der Waals surface area contributed by atoms with Crippen LogP contribution >= 0.6 is 0 Å². The summed E-state index contributed by atoms with van der Waals surface area (Å²) in [6.45, 7) is 6.44. The van der Waals surface area contributed by atoms with Crippen molar-refractivity contribution >= 4 is 12.6 Å². The summed E-state index contributed by atoms with van der Waals surface area (Å²) in [5.41, 5.74) is 0.321. The Balaban J connectivity index is 2.22. The molecule has 1 heterocycles. The van der Waals surface area contributed by atoms with Crippen LogP contribution in [0.25, 0.3) is 0 Å². The third-order valence-electron chi connectivity index (χ3n) is 2.81. The summed E-state index contributed by atoms with van der Waals surface area (Å²) in [6.07, 6.45) is 0. The Morgan fingerprint density at radius 3 is 2.29 bits per heavy atom. The molecule has 0 radical (unpaired) electrons. The first-order chi connectivity index (χ1) is 7.91. The molecule has 0 amide bonds. The second-order valence-corrected chi connectivity index (χ2v) is 5.22. The molecule has 0 N–H and O–H groups in total. The third-order valence-corrected chi connectivity index (χ3v) is 2.81. The molecule has 1 aromatic carbocycles. The van der Waals surface area contributed by atoms with Gasteiger partial charge in [0.2, 0.25) is 0 Å². The van der Waals surface area contributed by atoms with Crippen LogP contribution in [0.15, 0.2) is 12.1 Å². The van der Waals surface area contributed by atoms with Crippen LogP contribution in [0.3, 0.4) is 0 Å². The maximum atomic E-state index is 13.7. The van der Waals surface area contributed by atoms with Gasteiger partial charge >= 0.3 is 7.12 Å². The summed E-state index contributed by atoms with van der Waals surface area (Å²) in [5.74, 6) is -1.71. The van der Waals surface area contributed by atoms with E-state index in [1.165, 1.54) is 19.1 Å². The van der Waals surface area contributed by atoms with Crippen LogP contribution < -0.4 is 5.46 Å². The summed E-state index contributed by atoms with van der Waals surface area (Å²) in [7, 11) is -0.807. The molecule has 2 nitrogen and oxygen atoms in total. The van der Waals surface area contributed by atoms with E-state index in [2.05, 4.69) is 0 Å². The van der Waals surface area contributed by atoms with Gasteiger partial charge in [0.1, 0.15) is 0 Å². The molecule has 0 saturated carbocycles. The van der Waals surface area contributed by atoms with E-state index in [1.807, 2.05) is 13.8 Å². The maximum Gasteiger partial charge on any atom is 0.497 e. The molecule has 5 heteroatoms. The summed E-state index contributed by atoms with van der Waals surface area (Å²) in [5, 5.41) is 0. The Kier molecular flexibility index (Phi) is 3.23. The highest BCUT2D eigenvalue weighted by Crippen LogP contribution is 2.22. The van der Waals surface area contributed by atoms with E-state index < -0.39 is 18.8 Å². The molecule has 2 rings (SSSR count). The maximum absolute atomic E-state index is 13.7. The van der Waals surface area contributed by atoms with Gasteiger partial charge in [0.05, 0.1) is 0 Å². The zero-order chi connectivity index (χ0) is 12.6. The molecule has 1 aliphatic heterocycles. The van der Waals surface area contributed by atoms with E-state index in [-0.39, 0.29) is 16.4 Å². The van der Waals surface area contributed by atoms with Crippen LogP contribution in [0.1, 0.15) is 19.4 Å². The summed E-state index contributed by atoms with van der Waals surface area (Å²) < 4.78 is 38.0. The number of aryl methyl sites for hydroxylation is 1. The third kappa shape index (κ3) is 2.50. The molecule has 0 aromatic heterocycles. The summed E-state index contributed by atoms with van der Waals surface area (Å²) >= 11 is 0. The van der Waals surface area contributed by atoms with Gasteiger partial charge in [0.25, 0.3) is 0 Å². The van der Waals surface area contributed by atoms with Gasteiger partial charge in [-0.2, -0.15) is 0 Å². The largest absolute Gasteiger partial charge is 0.497 e. The van der Waals surface area contributed by atoms with Crippen molar-refractivity contribution in [2.24, 2.45) is 5.41 Å². The number of halogens is 2. The zero-order valence-electron chi connectivity index (χ0n) is 10.2. The monoisotopic (exact) mass is 240 g/mol. The van der Waals surface area contributed by atoms with Crippen molar-refractivity contribution in [1.29, 1.82) is 0 Å². The highest BCUT2D eigenvalue weighted by molar-refractivity contribution is 6.61. The van der Waals surface area contributed by atoms with E-state index in [0.29, 0.717) is 13.2 Å². The highest BCUT2D eigenvalue weighted by Gasteiger charge is 2.35. The molecule has 1 aliphatic rings. The number of rotatable bonds is 1. The van der Waals surface area contributed by atoms with Crippen LogP contribution in [0, 0.1) is 24.0 Å². The van der Waals surface area contributed by atoms with Crippen molar-refractivity contribution in [3.63, 3.8) is 0 Å². The van der Waals surface area contributed by atoms with Crippen molar-refractivity contribution in [3.8, 4) is 0 Å². The minimum absolute atomic E-state index is 0.0871. The average molecular weight is 240 g/mol.